The van der Waals surface area contributed by atoms with E-state index < -0.39 is 29.4 Å². The quantitative estimate of drug-likeness (QED) is 0.856. The van der Waals surface area contributed by atoms with E-state index in [1.165, 1.54) is 30.1 Å². The van der Waals surface area contributed by atoms with Gasteiger partial charge in [0, 0.05) is 24.7 Å². The number of aliphatic hydroxyl groups is 1. The minimum atomic E-state index is -1.13. The molecule has 1 unspecified atom stereocenters. The maximum absolute atomic E-state index is 13.4. The molecule has 6 heteroatoms. The lowest BCUT2D eigenvalue weighted by atomic mass is 9.97. The van der Waals surface area contributed by atoms with Crippen LogP contribution in [-0.2, 0) is 0 Å². The van der Waals surface area contributed by atoms with E-state index in [0.29, 0.717) is 0 Å². The van der Waals surface area contributed by atoms with Crippen molar-refractivity contribution in [2.75, 3.05) is 13.6 Å². The van der Waals surface area contributed by atoms with Crippen LogP contribution in [0.5, 0.6) is 0 Å². The number of benzene rings is 2. The number of carbonyl (C=O) groups excluding carboxylic acids is 2. The SMILES string of the molecule is CC(O)CN(C)C(=O)c1ccccc1C(=O)c1ccc(F)c(F)c1. The lowest BCUT2D eigenvalue weighted by molar-refractivity contribution is 0.0700. The molecule has 2 rings (SSSR count). The van der Waals surface area contributed by atoms with Crippen LogP contribution in [0.3, 0.4) is 0 Å². The molecule has 0 aliphatic rings. The highest BCUT2D eigenvalue weighted by atomic mass is 19.2. The van der Waals surface area contributed by atoms with Gasteiger partial charge in [-0.15, -0.1) is 0 Å². The van der Waals surface area contributed by atoms with Crippen LogP contribution in [0, 0.1) is 11.6 Å². The van der Waals surface area contributed by atoms with Crippen molar-refractivity contribution in [1.29, 1.82) is 0 Å². The molecular formula is C18H17F2NO3. The van der Waals surface area contributed by atoms with Crippen LogP contribution in [0.1, 0.15) is 33.2 Å². The van der Waals surface area contributed by atoms with E-state index in [-0.39, 0.29) is 23.2 Å². The van der Waals surface area contributed by atoms with E-state index in [1.54, 1.807) is 19.1 Å². The first-order valence-electron chi connectivity index (χ1n) is 7.33. The number of rotatable bonds is 5. The minimum Gasteiger partial charge on any atom is -0.392 e. The van der Waals surface area contributed by atoms with Gasteiger partial charge in [-0.25, -0.2) is 8.78 Å². The Morgan fingerprint density at radius 2 is 1.71 bits per heavy atom. The molecule has 1 N–H and O–H groups in total. The highest BCUT2D eigenvalue weighted by Gasteiger charge is 2.21. The highest BCUT2D eigenvalue weighted by Crippen LogP contribution is 2.18. The topological polar surface area (TPSA) is 57.6 Å². The molecule has 0 fully saturated rings. The van der Waals surface area contributed by atoms with Gasteiger partial charge < -0.3 is 10.0 Å². The minimum absolute atomic E-state index is 0.0488. The van der Waals surface area contributed by atoms with Crippen molar-refractivity contribution in [3.05, 3.63) is 70.8 Å². The molecule has 0 radical (unpaired) electrons. The number of aliphatic hydroxyl groups excluding tert-OH is 1. The summed E-state index contributed by atoms with van der Waals surface area (Å²) in [4.78, 5) is 26.4. The predicted octanol–water partition coefficient (Wildman–Crippen LogP) is 2.65. The fourth-order valence-corrected chi connectivity index (χ4v) is 2.35. The highest BCUT2D eigenvalue weighted by molar-refractivity contribution is 6.15. The molecule has 0 saturated carbocycles. The Kier molecular flexibility index (Phi) is 5.41. The van der Waals surface area contributed by atoms with Gasteiger partial charge >= 0.3 is 0 Å². The largest absolute Gasteiger partial charge is 0.392 e. The van der Waals surface area contributed by atoms with E-state index >= 15 is 0 Å². The van der Waals surface area contributed by atoms with Gasteiger partial charge in [0.05, 0.1) is 11.7 Å². The second-order valence-electron chi connectivity index (χ2n) is 5.54. The van der Waals surface area contributed by atoms with E-state index in [2.05, 4.69) is 0 Å². The summed E-state index contributed by atoms with van der Waals surface area (Å²) < 4.78 is 26.4. The summed E-state index contributed by atoms with van der Waals surface area (Å²) >= 11 is 0. The van der Waals surface area contributed by atoms with Gasteiger partial charge in [-0.3, -0.25) is 9.59 Å². The maximum Gasteiger partial charge on any atom is 0.254 e. The van der Waals surface area contributed by atoms with Crippen molar-refractivity contribution >= 4 is 11.7 Å². The summed E-state index contributed by atoms with van der Waals surface area (Å²) in [6.45, 7) is 1.65. The molecule has 0 saturated heterocycles. The monoisotopic (exact) mass is 333 g/mol. The number of halogens is 2. The zero-order valence-corrected chi connectivity index (χ0v) is 13.3. The Morgan fingerprint density at radius 3 is 2.29 bits per heavy atom. The molecule has 0 bridgehead atoms. The van der Waals surface area contributed by atoms with E-state index in [1.807, 2.05) is 0 Å². The number of carbonyl (C=O) groups is 2. The Labute approximate surface area is 138 Å². The lowest BCUT2D eigenvalue weighted by Crippen LogP contribution is -2.34. The Hall–Kier alpha value is -2.60. The fourth-order valence-electron chi connectivity index (χ4n) is 2.35. The van der Waals surface area contributed by atoms with Gasteiger partial charge in [0.1, 0.15) is 0 Å². The molecule has 24 heavy (non-hydrogen) atoms. The third kappa shape index (κ3) is 3.83. The second kappa shape index (κ2) is 7.31. The van der Waals surface area contributed by atoms with Gasteiger partial charge in [0.2, 0.25) is 0 Å². The third-order valence-electron chi connectivity index (χ3n) is 3.47. The number of nitrogens with zero attached hydrogens (tertiary/aromatic N) is 1. The van der Waals surface area contributed by atoms with Crippen LogP contribution in [0.2, 0.25) is 0 Å². The average Bonchev–Trinajstić information content (AvgIpc) is 2.55. The standard InChI is InChI=1S/C18H17F2NO3/c1-11(22)10-21(2)18(24)14-6-4-3-5-13(14)17(23)12-7-8-15(19)16(20)9-12/h3-9,11,22H,10H2,1-2H3. The third-order valence-corrected chi connectivity index (χ3v) is 3.47. The molecule has 0 aliphatic heterocycles. The lowest BCUT2D eigenvalue weighted by Gasteiger charge is -2.20. The molecule has 126 valence electrons. The van der Waals surface area contributed by atoms with Crippen LogP contribution < -0.4 is 0 Å². The van der Waals surface area contributed by atoms with Crippen molar-refractivity contribution in [2.45, 2.75) is 13.0 Å². The summed E-state index contributed by atoms with van der Waals surface area (Å²) in [5, 5.41) is 9.39. The Morgan fingerprint density at radius 1 is 1.08 bits per heavy atom. The van der Waals surface area contributed by atoms with Gasteiger partial charge in [0.25, 0.3) is 5.91 Å². The fraction of sp³-hybridized carbons (Fsp3) is 0.222. The number of hydrogen-bond acceptors (Lipinski definition) is 3. The summed E-state index contributed by atoms with van der Waals surface area (Å²) in [7, 11) is 1.51. The smallest absolute Gasteiger partial charge is 0.254 e. The van der Waals surface area contributed by atoms with Gasteiger partial charge in [0.15, 0.2) is 17.4 Å². The van der Waals surface area contributed by atoms with E-state index in [4.69, 9.17) is 0 Å². The normalized spacial score (nSPS) is 11.9. The summed E-state index contributed by atoms with van der Waals surface area (Å²) in [5.41, 5.74) is 0.175. The second-order valence-corrected chi connectivity index (χ2v) is 5.54. The van der Waals surface area contributed by atoms with Crippen LogP contribution >= 0.6 is 0 Å². The van der Waals surface area contributed by atoms with Gasteiger partial charge in [-0.1, -0.05) is 18.2 Å². The molecule has 0 aliphatic carbocycles. The van der Waals surface area contributed by atoms with E-state index in [0.717, 1.165) is 12.1 Å². The van der Waals surface area contributed by atoms with Crippen molar-refractivity contribution in [3.8, 4) is 0 Å². The van der Waals surface area contributed by atoms with Gasteiger partial charge in [-0.05, 0) is 31.2 Å². The zero-order valence-electron chi connectivity index (χ0n) is 13.3. The first-order chi connectivity index (χ1) is 11.3. The number of likely N-dealkylation sites (N-methyl/N-ethyl adjacent to an activating group) is 1. The van der Waals surface area contributed by atoms with Crippen LogP contribution in [-0.4, -0.2) is 41.4 Å². The Bertz CT molecular complexity index is 775. The van der Waals surface area contributed by atoms with E-state index in [9.17, 15) is 23.5 Å². The summed E-state index contributed by atoms with van der Waals surface area (Å²) in [6.07, 6.45) is -0.715. The molecule has 0 aromatic heterocycles. The number of hydrogen-bond donors (Lipinski definition) is 1. The first kappa shape index (κ1) is 17.7. The van der Waals surface area contributed by atoms with Crippen molar-refractivity contribution in [2.24, 2.45) is 0 Å². The number of amides is 1. The van der Waals surface area contributed by atoms with Crippen molar-refractivity contribution in [3.63, 3.8) is 0 Å². The molecule has 2 aromatic rings. The molecule has 0 spiro atoms. The van der Waals surface area contributed by atoms with Crippen LogP contribution in [0.25, 0.3) is 0 Å². The van der Waals surface area contributed by atoms with Crippen LogP contribution in [0.4, 0.5) is 8.78 Å². The number of ketones is 1. The molecule has 2 aromatic carbocycles. The zero-order chi connectivity index (χ0) is 17.9. The maximum atomic E-state index is 13.4. The average molecular weight is 333 g/mol. The summed E-state index contributed by atoms with van der Waals surface area (Å²) in [6, 6.07) is 8.96. The molecule has 4 nitrogen and oxygen atoms in total. The molecule has 0 heterocycles. The molecule has 1 amide bonds. The molecule has 1 atom stereocenters. The van der Waals surface area contributed by atoms with Crippen molar-refractivity contribution in [1.82, 2.24) is 4.90 Å². The summed E-state index contributed by atoms with van der Waals surface area (Å²) in [5.74, 6) is -3.20. The van der Waals surface area contributed by atoms with Gasteiger partial charge in [-0.2, -0.15) is 0 Å². The Balaban J connectivity index is 2.39. The molecular weight excluding hydrogens is 316 g/mol. The van der Waals surface area contributed by atoms with Crippen molar-refractivity contribution < 1.29 is 23.5 Å². The first-order valence-corrected chi connectivity index (χ1v) is 7.33. The van der Waals surface area contributed by atoms with Crippen LogP contribution in [0.15, 0.2) is 42.5 Å². The predicted molar refractivity (Wildman–Crippen MR) is 84.9 cm³/mol.